The molecule has 0 radical (unpaired) electrons. The summed E-state index contributed by atoms with van der Waals surface area (Å²) in [4.78, 5) is 11.2. The Bertz CT molecular complexity index is 461. The summed E-state index contributed by atoms with van der Waals surface area (Å²) in [5.74, 6) is -3.45. The van der Waals surface area contributed by atoms with E-state index in [-0.39, 0.29) is 5.75 Å². The average molecular weight is 283 g/mol. The van der Waals surface area contributed by atoms with E-state index in [0.717, 1.165) is 12.1 Å². The first-order valence-corrected chi connectivity index (χ1v) is 5.15. The van der Waals surface area contributed by atoms with Crippen molar-refractivity contribution in [3.05, 3.63) is 29.8 Å². The molecule has 1 N–H and O–H groups in total. The Balaban J connectivity index is 2.56. The van der Waals surface area contributed by atoms with Crippen LogP contribution >= 0.6 is 0 Å². The lowest BCUT2D eigenvalue weighted by atomic mass is 10.3. The lowest BCUT2D eigenvalue weighted by Crippen LogP contribution is -2.41. The third-order valence-electron chi connectivity index (χ3n) is 2.04. The van der Waals surface area contributed by atoms with Gasteiger partial charge in [0, 0.05) is 6.07 Å². The smallest absolute Gasteiger partial charge is 0.405 e. The largest absolute Gasteiger partial charge is 0.481 e. The average Bonchev–Trinajstić information content (AvgIpc) is 2.29. The van der Waals surface area contributed by atoms with E-state index in [0.29, 0.717) is 6.07 Å². The van der Waals surface area contributed by atoms with Gasteiger partial charge in [-0.15, -0.1) is 0 Å². The van der Waals surface area contributed by atoms with Crippen molar-refractivity contribution in [1.82, 2.24) is 5.32 Å². The Morgan fingerprint density at radius 3 is 2.47 bits per heavy atom. The van der Waals surface area contributed by atoms with Crippen LogP contribution < -0.4 is 10.1 Å². The maximum Gasteiger partial charge on any atom is 0.405 e. The fraction of sp³-hybridized carbons (Fsp3) is 0.364. The fourth-order valence-electron chi connectivity index (χ4n) is 1.14. The Kier molecular flexibility index (Phi) is 4.68. The van der Waals surface area contributed by atoms with Gasteiger partial charge in [-0.25, -0.2) is 8.78 Å². The van der Waals surface area contributed by atoms with Gasteiger partial charge in [-0.3, -0.25) is 4.79 Å². The molecule has 1 amide bonds. The van der Waals surface area contributed by atoms with Crippen molar-refractivity contribution in [1.29, 1.82) is 0 Å². The second-order valence-electron chi connectivity index (χ2n) is 3.67. The van der Waals surface area contributed by atoms with Gasteiger partial charge in [-0.05, 0) is 19.1 Å². The lowest BCUT2D eigenvalue weighted by molar-refractivity contribution is -0.142. The van der Waals surface area contributed by atoms with Crippen LogP contribution in [0.4, 0.5) is 22.0 Å². The number of rotatable bonds is 4. The van der Waals surface area contributed by atoms with Crippen LogP contribution in [0.2, 0.25) is 0 Å². The summed E-state index contributed by atoms with van der Waals surface area (Å²) < 4.78 is 65.9. The van der Waals surface area contributed by atoms with E-state index >= 15 is 0 Å². The van der Waals surface area contributed by atoms with Gasteiger partial charge in [0.25, 0.3) is 5.91 Å². The zero-order valence-corrected chi connectivity index (χ0v) is 9.72. The Labute approximate surface area is 105 Å². The summed E-state index contributed by atoms with van der Waals surface area (Å²) in [7, 11) is 0. The topological polar surface area (TPSA) is 38.3 Å². The summed E-state index contributed by atoms with van der Waals surface area (Å²) in [5.41, 5.74) is 0. The number of hydrogen-bond donors (Lipinski definition) is 1. The monoisotopic (exact) mass is 283 g/mol. The molecule has 0 saturated carbocycles. The molecule has 8 heteroatoms. The van der Waals surface area contributed by atoms with Crippen LogP contribution in [-0.2, 0) is 4.79 Å². The maximum absolute atomic E-state index is 12.8. The number of ether oxygens (including phenoxy) is 1. The number of benzene rings is 1. The number of carbonyl (C=O) groups excluding carboxylic acids is 1. The third kappa shape index (κ3) is 5.11. The molecular formula is C11H10F5NO2. The van der Waals surface area contributed by atoms with Gasteiger partial charge in [-0.1, -0.05) is 0 Å². The van der Waals surface area contributed by atoms with Crippen molar-refractivity contribution < 1.29 is 31.5 Å². The molecule has 0 aliphatic carbocycles. The van der Waals surface area contributed by atoms with Crippen molar-refractivity contribution in [3.63, 3.8) is 0 Å². The molecule has 0 aliphatic heterocycles. The van der Waals surface area contributed by atoms with Gasteiger partial charge in [0.2, 0.25) is 0 Å². The molecule has 1 aromatic carbocycles. The molecule has 0 bridgehead atoms. The van der Waals surface area contributed by atoms with E-state index in [9.17, 15) is 26.7 Å². The van der Waals surface area contributed by atoms with E-state index in [2.05, 4.69) is 0 Å². The molecule has 1 aromatic rings. The molecule has 0 heterocycles. The predicted octanol–water partition coefficient (Wildman–Crippen LogP) is 2.41. The van der Waals surface area contributed by atoms with Crippen LogP contribution in [0.25, 0.3) is 0 Å². The summed E-state index contributed by atoms with van der Waals surface area (Å²) in [5, 5.41) is 1.61. The van der Waals surface area contributed by atoms with Crippen LogP contribution in [0.15, 0.2) is 18.2 Å². The van der Waals surface area contributed by atoms with Crippen molar-refractivity contribution in [3.8, 4) is 5.75 Å². The van der Waals surface area contributed by atoms with E-state index in [1.807, 2.05) is 0 Å². The first-order valence-electron chi connectivity index (χ1n) is 5.15. The molecule has 0 aromatic heterocycles. The highest BCUT2D eigenvalue weighted by atomic mass is 19.4. The lowest BCUT2D eigenvalue weighted by Gasteiger charge is -2.15. The Morgan fingerprint density at radius 1 is 1.32 bits per heavy atom. The molecule has 1 unspecified atom stereocenters. The maximum atomic E-state index is 12.8. The number of nitrogens with one attached hydrogen (secondary N) is 1. The van der Waals surface area contributed by atoms with Gasteiger partial charge in [0.05, 0.1) is 0 Å². The summed E-state index contributed by atoms with van der Waals surface area (Å²) in [6, 6.07) is 2.54. The summed E-state index contributed by atoms with van der Waals surface area (Å²) in [6.07, 6.45) is -5.80. The minimum absolute atomic E-state index is 0.159. The van der Waals surface area contributed by atoms with Crippen LogP contribution in [0, 0.1) is 11.6 Å². The molecule has 106 valence electrons. The fourth-order valence-corrected chi connectivity index (χ4v) is 1.14. The van der Waals surface area contributed by atoms with Crippen molar-refractivity contribution in [2.45, 2.75) is 19.2 Å². The zero-order chi connectivity index (χ0) is 14.6. The Hall–Kier alpha value is -1.86. The number of amides is 1. The first-order chi connectivity index (χ1) is 8.69. The van der Waals surface area contributed by atoms with E-state index in [4.69, 9.17) is 4.74 Å². The van der Waals surface area contributed by atoms with E-state index < -0.39 is 36.4 Å². The van der Waals surface area contributed by atoms with Gasteiger partial charge >= 0.3 is 6.18 Å². The first kappa shape index (κ1) is 15.2. The number of hydrogen-bond acceptors (Lipinski definition) is 2. The molecule has 0 saturated heterocycles. The van der Waals surface area contributed by atoms with Crippen LogP contribution in [0.1, 0.15) is 6.92 Å². The molecule has 0 spiro atoms. The van der Waals surface area contributed by atoms with Crippen LogP contribution in [-0.4, -0.2) is 24.7 Å². The third-order valence-corrected chi connectivity index (χ3v) is 2.04. The highest BCUT2D eigenvalue weighted by Crippen LogP contribution is 2.17. The molecule has 1 rings (SSSR count). The molecule has 3 nitrogen and oxygen atoms in total. The molecule has 0 aliphatic rings. The zero-order valence-electron chi connectivity index (χ0n) is 9.72. The standard InChI is InChI=1S/C11H10F5NO2/c1-6(10(18)17-5-11(14,15)16)19-7-2-3-8(12)9(13)4-7/h2-4,6H,5H2,1H3,(H,17,18). The van der Waals surface area contributed by atoms with E-state index in [1.165, 1.54) is 6.92 Å². The van der Waals surface area contributed by atoms with Crippen LogP contribution in [0.3, 0.4) is 0 Å². The SMILES string of the molecule is CC(Oc1ccc(F)c(F)c1)C(=O)NCC(F)(F)F. The highest BCUT2D eigenvalue weighted by molar-refractivity contribution is 5.80. The van der Waals surface area contributed by atoms with Gasteiger partial charge in [0.1, 0.15) is 12.3 Å². The van der Waals surface area contributed by atoms with Gasteiger partial charge < -0.3 is 10.1 Å². The van der Waals surface area contributed by atoms with Crippen molar-refractivity contribution >= 4 is 5.91 Å². The number of alkyl halides is 3. The van der Waals surface area contributed by atoms with E-state index in [1.54, 1.807) is 5.32 Å². The normalized spacial score (nSPS) is 12.9. The molecule has 1 atom stereocenters. The van der Waals surface area contributed by atoms with Crippen LogP contribution in [0.5, 0.6) is 5.75 Å². The number of halogens is 5. The summed E-state index contributed by atoms with van der Waals surface area (Å²) >= 11 is 0. The van der Waals surface area contributed by atoms with Crippen molar-refractivity contribution in [2.75, 3.05) is 6.54 Å². The second kappa shape index (κ2) is 5.85. The number of carbonyl (C=O) groups is 1. The predicted molar refractivity (Wildman–Crippen MR) is 55.5 cm³/mol. The Morgan fingerprint density at radius 2 is 1.95 bits per heavy atom. The molecular weight excluding hydrogens is 273 g/mol. The minimum Gasteiger partial charge on any atom is -0.481 e. The highest BCUT2D eigenvalue weighted by Gasteiger charge is 2.29. The quantitative estimate of drug-likeness (QED) is 0.862. The van der Waals surface area contributed by atoms with Gasteiger partial charge in [-0.2, -0.15) is 13.2 Å². The molecule has 19 heavy (non-hydrogen) atoms. The molecule has 0 fully saturated rings. The second-order valence-corrected chi connectivity index (χ2v) is 3.67. The minimum atomic E-state index is -4.53. The van der Waals surface area contributed by atoms with Gasteiger partial charge in [0.15, 0.2) is 17.7 Å². The summed E-state index contributed by atoms with van der Waals surface area (Å²) in [6.45, 7) is -0.301. The van der Waals surface area contributed by atoms with Crippen molar-refractivity contribution in [2.24, 2.45) is 0 Å².